The van der Waals surface area contributed by atoms with Crippen LogP contribution >= 0.6 is 0 Å². The summed E-state index contributed by atoms with van der Waals surface area (Å²) in [5.74, 6) is -1.22. The third kappa shape index (κ3) is 2.65. The van der Waals surface area contributed by atoms with Crippen molar-refractivity contribution in [1.29, 1.82) is 0 Å². The van der Waals surface area contributed by atoms with E-state index in [-0.39, 0.29) is 36.5 Å². The SMILES string of the molecule is CC(=O)n1c(S(=O)(=O)O)cc2ccc(F)cc21.[H-].[Na+]. The quantitative estimate of drug-likeness (QED) is 0.526. The molecule has 0 aliphatic heterocycles. The Balaban J connectivity index is 0.00000162. The van der Waals surface area contributed by atoms with Crippen LogP contribution in [0.5, 0.6) is 0 Å². The Labute approximate surface area is 126 Å². The summed E-state index contributed by atoms with van der Waals surface area (Å²) in [6, 6.07) is 4.62. The second kappa shape index (κ2) is 5.10. The first kappa shape index (κ1) is 15.3. The van der Waals surface area contributed by atoms with Crippen LogP contribution in [0.4, 0.5) is 4.39 Å². The minimum absolute atomic E-state index is 0. The molecule has 0 bridgehead atoms. The second-order valence-corrected chi connectivity index (χ2v) is 4.88. The monoisotopic (exact) mass is 281 g/mol. The number of benzene rings is 1. The van der Waals surface area contributed by atoms with E-state index in [1.807, 2.05) is 0 Å². The van der Waals surface area contributed by atoms with Crippen molar-refractivity contribution in [2.24, 2.45) is 0 Å². The Kier molecular flexibility index (Phi) is 4.34. The van der Waals surface area contributed by atoms with Gasteiger partial charge in [0.2, 0.25) is 5.91 Å². The molecule has 1 heterocycles. The molecule has 2 aromatic rings. The van der Waals surface area contributed by atoms with Gasteiger partial charge in [-0.3, -0.25) is 13.9 Å². The summed E-state index contributed by atoms with van der Waals surface area (Å²) < 4.78 is 45.0. The first-order valence-corrected chi connectivity index (χ1v) is 6.04. The fourth-order valence-corrected chi connectivity index (χ4v) is 2.40. The molecule has 0 amide bonds. The predicted molar refractivity (Wildman–Crippen MR) is 59.1 cm³/mol. The molecule has 92 valence electrons. The minimum atomic E-state index is -4.53. The van der Waals surface area contributed by atoms with Gasteiger partial charge in [0.15, 0.2) is 5.03 Å². The Bertz CT molecular complexity index is 728. The zero-order valence-corrected chi connectivity index (χ0v) is 12.5. The molecular formula is C10H9FNNaO4S. The normalized spacial score (nSPS) is 11.3. The molecule has 0 radical (unpaired) electrons. The largest absolute Gasteiger partial charge is 1.00 e. The van der Waals surface area contributed by atoms with Crippen molar-refractivity contribution < 1.29 is 53.1 Å². The molecule has 0 unspecified atom stereocenters. The molecule has 0 saturated heterocycles. The van der Waals surface area contributed by atoms with Crippen LogP contribution in [0.25, 0.3) is 10.9 Å². The van der Waals surface area contributed by atoms with Gasteiger partial charge >= 0.3 is 39.7 Å². The number of hydrogen-bond donors (Lipinski definition) is 1. The summed E-state index contributed by atoms with van der Waals surface area (Å²) in [4.78, 5) is 11.4. The average molecular weight is 281 g/mol. The van der Waals surface area contributed by atoms with Crippen LogP contribution in [0.1, 0.15) is 13.1 Å². The van der Waals surface area contributed by atoms with Gasteiger partial charge < -0.3 is 1.43 Å². The molecule has 0 fully saturated rings. The maximum atomic E-state index is 13.0. The third-order valence-electron chi connectivity index (χ3n) is 2.31. The molecule has 1 aromatic carbocycles. The number of carbonyl (C=O) groups excluding carboxylic acids is 1. The van der Waals surface area contributed by atoms with Gasteiger partial charge in [-0.25, -0.2) is 4.39 Å². The summed E-state index contributed by atoms with van der Waals surface area (Å²) in [5, 5.41) is -0.208. The van der Waals surface area contributed by atoms with E-state index in [1.54, 1.807) is 0 Å². The Morgan fingerprint density at radius 2 is 2.00 bits per heavy atom. The fourth-order valence-electron chi connectivity index (χ4n) is 1.66. The number of carbonyl (C=O) groups is 1. The van der Waals surface area contributed by atoms with Gasteiger partial charge in [-0.05, 0) is 24.3 Å². The zero-order chi connectivity index (χ0) is 12.8. The third-order valence-corrected chi connectivity index (χ3v) is 3.14. The van der Waals surface area contributed by atoms with Gasteiger partial charge in [0.25, 0.3) is 0 Å². The van der Waals surface area contributed by atoms with Crippen LogP contribution in [-0.2, 0) is 10.1 Å². The minimum Gasteiger partial charge on any atom is -1.00 e. The average Bonchev–Trinajstić information content (AvgIpc) is 2.55. The molecule has 8 heteroatoms. The molecule has 5 nitrogen and oxygen atoms in total. The topological polar surface area (TPSA) is 76.4 Å². The summed E-state index contributed by atoms with van der Waals surface area (Å²) in [7, 11) is -4.53. The van der Waals surface area contributed by atoms with E-state index in [1.165, 1.54) is 6.07 Å². The van der Waals surface area contributed by atoms with E-state index < -0.39 is 26.9 Å². The standard InChI is InChI=1S/C10H8FNO4S.Na.H/c1-6(13)12-9-5-8(11)3-2-7(9)4-10(12)17(14,15)16;;/h2-5H,1H3,(H,14,15,16);;/q;+1;-1. The summed E-state index contributed by atoms with van der Waals surface area (Å²) >= 11 is 0. The van der Waals surface area contributed by atoms with Crippen LogP contribution in [0.3, 0.4) is 0 Å². The molecule has 0 spiro atoms. The van der Waals surface area contributed by atoms with Crippen LogP contribution in [0.2, 0.25) is 0 Å². The molecule has 0 aliphatic rings. The van der Waals surface area contributed by atoms with Gasteiger partial charge in [0.05, 0.1) is 5.52 Å². The summed E-state index contributed by atoms with van der Waals surface area (Å²) in [6.45, 7) is 1.12. The second-order valence-electron chi connectivity index (χ2n) is 3.52. The van der Waals surface area contributed by atoms with E-state index in [2.05, 4.69) is 0 Å². The smallest absolute Gasteiger partial charge is 1.00 e. The van der Waals surface area contributed by atoms with Crippen molar-refractivity contribution in [3.05, 3.63) is 30.1 Å². The molecular weight excluding hydrogens is 272 g/mol. The van der Waals surface area contributed by atoms with Crippen molar-refractivity contribution in [3.8, 4) is 0 Å². The Hall–Kier alpha value is -0.730. The van der Waals surface area contributed by atoms with E-state index in [0.717, 1.165) is 29.7 Å². The van der Waals surface area contributed by atoms with Crippen molar-refractivity contribution >= 4 is 26.9 Å². The first-order valence-electron chi connectivity index (χ1n) is 4.60. The van der Waals surface area contributed by atoms with Crippen LogP contribution in [0, 0.1) is 5.82 Å². The van der Waals surface area contributed by atoms with Gasteiger partial charge in [0, 0.05) is 12.3 Å². The van der Waals surface area contributed by atoms with Crippen molar-refractivity contribution in [2.45, 2.75) is 11.9 Å². The van der Waals surface area contributed by atoms with E-state index in [4.69, 9.17) is 4.55 Å². The number of aromatic nitrogens is 1. The number of halogens is 1. The first-order chi connectivity index (χ1) is 7.80. The predicted octanol–water partition coefficient (Wildman–Crippen LogP) is -1.20. The Morgan fingerprint density at radius 3 is 2.50 bits per heavy atom. The van der Waals surface area contributed by atoms with Crippen molar-refractivity contribution in [3.63, 3.8) is 0 Å². The van der Waals surface area contributed by atoms with Gasteiger partial charge in [-0.2, -0.15) is 8.42 Å². The summed E-state index contributed by atoms with van der Waals surface area (Å²) in [6.07, 6.45) is 0. The molecule has 0 atom stereocenters. The molecule has 0 saturated carbocycles. The van der Waals surface area contributed by atoms with Crippen LogP contribution < -0.4 is 29.6 Å². The van der Waals surface area contributed by atoms with Crippen molar-refractivity contribution in [1.82, 2.24) is 4.57 Å². The molecule has 18 heavy (non-hydrogen) atoms. The number of fused-ring (bicyclic) bond motifs is 1. The maximum Gasteiger partial charge on any atom is 1.00 e. The fraction of sp³-hybridized carbons (Fsp3) is 0.100. The number of nitrogens with zero attached hydrogens (tertiary/aromatic N) is 1. The molecule has 0 aliphatic carbocycles. The number of rotatable bonds is 1. The molecule has 1 N–H and O–H groups in total. The van der Waals surface area contributed by atoms with Gasteiger partial charge in [0.1, 0.15) is 5.82 Å². The Morgan fingerprint density at radius 1 is 1.39 bits per heavy atom. The van der Waals surface area contributed by atoms with Gasteiger partial charge in [-0.1, -0.05) is 0 Å². The van der Waals surface area contributed by atoms with Crippen molar-refractivity contribution in [2.75, 3.05) is 0 Å². The molecule has 1 aromatic heterocycles. The zero-order valence-electron chi connectivity index (χ0n) is 10.7. The number of hydrogen-bond acceptors (Lipinski definition) is 3. The van der Waals surface area contributed by atoms with Crippen LogP contribution in [0.15, 0.2) is 29.3 Å². The molecule has 2 rings (SSSR count). The summed E-state index contributed by atoms with van der Waals surface area (Å²) in [5.41, 5.74) is 0.102. The van der Waals surface area contributed by atoms with Crippen LogP contribution in [-0.4, -0.2) is 23.4 Å². The van der Waals surface area contributed by atoms with E-state index >= 15 is 0 Å². The van der Waals surface area contributed by atoms with E-state index in [9.17, 15) is 17.6 Å². The van der Waals surface area contributed by atoms with E-state index in [0.29, 0.717) is 5.39 Å². The van der Waals surface area contributed by atoms with Gasteiger partial charge in [-0.15, -0.1) is 0 Å². The maximum absolute atomic E-state index is 13.0.